The number of ether oxygens (including phenoxy) is 1. The Balaban J connectivity index is 1.95. The molecular weight excluding hydrogens is 358 g/mol. The van der Waals surface area contributed by atoms with Gasteiger partial charge in [0.25, 0.3) is 5.91 Å². The van der Waals surface area contributed by atoms with Crippen LogP contribution in [-0.2, 0) is 0 Å². The first-order valence-corrected chi connectivity index (χ1v) is 6.98. The molecule has 114 valence electrons. The molecular formula is C15H11BrF2N2O2. The van der Waals surface area contributed by atoms with Gasteiger partial charge in [0, 0.05) is 4.47 Å². The first-order valence-electron chi connectivity index (χ1n) is 6.19. The Bertz CT molecular complexity index is 675. The molecule has 2 rings (SSSR count). The highest BCUT2D eigenvalue weighted by atomic mass is 79.9. The number of halogens is 3. The van der Waals surface area contributed by atoms with E-state index in [1.165, 1.54) is 18.3 Å². The van der Waals surface area contributed by atoms with Crippen LogP contribution < -0.4 is 10.2 Å². The molecule has 0 aromatic heterocycles. The van der Waals surface area contributed by atoms with E-state index >= 15 is 0 Å². The van der Waals surface area contributed by atoms with Crippen molar-refractivity contribution in [2.45, 2.75) is 6.61 Å². The van der Waals surface area contributed by atoms with Gasteiger partial charge in [-0.05, 0) is 57.9 Å². The molecule has 0 radical (unpaired) electrons. The Hall–Kier alpha value is -2.28. The third-order valence-electron chi connectivity index (χ3n) is 2.60. The predicted octanol–water partition coefficient (Wildman–Crippen LogP) is 3.81. The number of hydrogen-bond donors (Lipinski definition) is 1. The summed E-state index contributed by atoms with van der Waals surface area (Å²) in [4.78, 5) is 11.9. The van der Waals surface area contributed by atoms with Gasteiger partial charge in [0.2, 0.25) is 0 Å². The van der Waals surface area contributed by atoms with Gasteiger partial charge in [-0.15, -0.1) is 0 Å². The fourth-order valence-corrected chi connectivity index (χ4v) is 2.07. The minimum atomic E-state index is -2.86. The second-order valence-electron chi connectivity index (χ2n) is 4.13. The third-order valence-corrected chi connectivity index (χ3v) is 3.29. The number of carbonyl (C=O) groups is 1. The fourth-order valence-electron chi connectivity index (χ4n) is 1.61. The monoisotopic (exact) mass is 368 g/mol. The van der Waals surface area contributed by atoms with Crippen LogP contribution >= 0.6 is 15.9 Å². The van der Waals surface area contributed by atoms with E-state index in [1.807, 2.05) is 0 Å². The van der Waals surface area contributed by atoms with Crippen molar-refractivity contribution < 1.29 is 18.3 Å². The van der Waals surface area contributed by atoms with Gasteiger partial charge in [-0.25, -0.2) is 5.43 Å². The van der Waals surface area contributed by atoms with Crippen molar-refractivity contribution in [2.24, 2.45) is 5.10 Å². The van der Waals surface area contributed by atoms with E-state index in [-0.39, 0.29) is 11.7 Å². The Morgan fingerprint density at radius 2 is 1.86 bits per heavy atom. The lowest BCUT2D eigenvalue weighted by Gasteiger charge is -2.04. The van der Waals surface area contributed by atoms with Crippen LogP contribution in [-0.4, -0.2) is 18.7 Å². The molecule has 0 fully saturated rings. The molecule has 2 aromatic rings. The maximum atomic E-state index is 12.0. The molecule has 0 aliphatic rings. The number of carbonyl (C=O) groups excluding carboxylic acids is 1. The second-order valence-corrected chi connectivity index (χ2v) is 4.98. The third kappa shape index (κ3) is 4.63. The fraction of sp³-hybridized carbons (Fsp3) is 0.0667. The second kappa shape index (κ2) is 7.65. The van der Waals surface area contributed by atoms with E-state index in [0.29, 0.717) is 15.6 Å². The molecule has 0 bridgehead atoms. The van der Waals surface area contributed by atoms with E-state index in [4.69, 9.17) is 0 Å². The Kier molecular flexibility index (Phi) is 5.60. The zero-order valence-electron chi connectivity index (χ0n) is 11.2. The molecule has 0 atom stereocenters. The molecule has 0 saturated heterocycles. The van der Waals surface area contributed by atoms with Crippen LogP contribution in [0.2, 0.25) is 0 Å². The molecule has 0 saturated carbocycles. The highest BCUT2D eigenvalue weighted by Gasteiger charge is 2.07. The van der Waals surface area contributed by atoms with Gasteiger partial charge >= 0.3 is 6.61 Å². The van der Waals surface area contributed by atoms with Crippen molar-refractivity contribution in [1.29, 1.82) is 0 Å². The molecule has 2 aromatic carbocycles. The van der Waals surface area contributed by atoms with Gasteiger partial charge in [0.1, 0.15) is 5.75 Å². The predicted molar refractivity (Wildman–Crippen MR) is 82.3 cm³/mol. The minimum Gasteiger partial charge on any atom is -0.435 e. The molecule has 0 spiro atoms. The maximum Gasteiger partial charge on any atom is 0.387 e. The normalized spacial score (nSPS) is 10.9. The van der Waals surface area contributed by atoms with Gasteiger partial charge in [0.15, 0.2) is 0 Å². The number of hydrogen-bond acceptors (Lipinski definition) is 3. The van der Waals surface area contributed by atoms with Crippen LogP contribution in [0, 0.1) is 0 Å². The first-order chi connectivity index (χ1) is 10.6. The molecule has 0 unspecified atom stereocenters. The van der Waals surface area contributed by atoms with Crippen molar-refractivity contribution >= 4 is 28.1 Å². The summed E-state index contributed by atoms with van der Waals surface area (Å²) in [5.41, 5.74) is 3.48. The summed E-state index contributed by atoms with van der Waals surface area (Å²) >= 11 is 3.27. The van der Waals surface area contributed by atoms with Gasteiger partial charge in [-0.2, -0.15) is 13.9 Å². The van der Waals surface area contributed by atoms with Crippen molar-refractivity contribution in [3.05, 3.63) is 64.1 Å². The van der Waals surface area contributed by atoms with Gasteiger partial charge < -0.3 is 4.74 Å². The van der Waals surface area contributed by atoms with Crippen molar-refractivity contribution in [3.63, 3.8) is 0 Å². The summed E-state index contributed by atoms with van der Waals surface area (Å²) in [6.45, 7) is -2.86. The van der Waals surface area contributed by atoms with Crippen LogP contribution in [0.15, 0.2) is 58.1 Å². The highest BCUT2D eigenvalue weighted by molar-refractivity contribution is 9.10. The average molecular weight is 369 g/mol. The molecule has 0 heterocycles. The van der Waals surface area contributed by atoms with E-state index in [1.54, 1.807) is 36.4 Å². The van der Waals surface area contributed by atoms with Gasteiger partial charge in [0.05, 0.1) is 11.8 Å². The lowest BCUT2D eigenvalue weighted by atomic mass is 10.2. The van der Waals surface area contributed by atoms with Crippen molar-refractivity contribution in [2.75, 3.05) is 0 Å². The lowest BCUT2D eigenvalue weighted by molar-refractivity contribution is -0.0498. The Labute approximate surface area is 133 Å². The largest absolute Gasteiger partial charge is 0.435 e. The zero-order chi connectivity index (χ0) is 15.9. The number of benzene rings is 2. The zero-order valence-corrected chi connectivity index (χ0v) is 12.8. The van der Waals surface area contributed by atoms with E-state index in [9.17, 15) is 13.6 Å². The number of nitrogens with one attached hydrogen (secondary N) is 1. The van der Waals surface area contributed by atoms with Crippen LogP contribution in [0.25, 0.3) is 0 Å². The molecule has 1 amide bonds. The van der Waals surface area contributed by atoms with Gasteiger partial charge in [-0.3, -0.25) is 4.79 Å². The Morgan fingerprint density at radius 3 is 2.50 bits per heavy atom. The van der Waals surface area contributed by atoms with Crippen LogP contribution in [0.5, 0.6) is 5.75 Å². The van der Waals surface area contributed by atoms with Crippen LogP contribution in [0.3, 0.4) is 0 Å². The van der Waals surface area contributed by atoms with Crippen LogP contribution in [0.4, 0.5) is 8.78 Å². The number of alkyl halides is 2. The average Bonchev–Trinajstić information content (AvgIpc) is 2.49. The minimum absolute atomic E-state index is 0.0596. The summed E-state index contributed by atoms with van der Waals surface area (Å²) in [6, 6.07) is 12.8. The summed E-state index contributed by atoms with van der Waals surface area (Å²) in [5, 5.41) is 3.82. The summed E-state index contributed by atoms with van der Waals surface area (Å²) in [7, 11) is 0. The van der Waals surface area contributed by atoms with Crippen molar-refractivity contribution in [1.82, 2.24) is 5.43 Å². The quantitative estimate of drug-likeness (QED) is 0.644. The topological polar surface area (TPSA) is 50.7 Å². The number of rotatable bonds is 5. The molecule has 4 nitrogen and oxygen atoms in total. The molecule has 1 N–H and O–H groups in total. The SMILES string of the molecule is O=C(NN=Cc1ccc(OC(F)F)cc1)c1ccccc1Br. The standard InChI is InChI=1S/C15H11BrF2N2O2/c16-13-4-2-1-3-12(13)14(21)20-19-9-10-5-7-11(8-6-10)22-15(17)18/h1-9,15H,(H,20,21). The number of amides is 1. The molecule has 7 heteroatoms. The Morgan fingerprint density at radius 1 is 1.18 bits per heavy atom. The first kappa shape index (κ1) is 16.1. The van der Waals surface area contributed by atoms with E-state index in [0.717, 1.165) is 0 Å². The molecule has 0 aliphatic carbocycles. The molecule has 22 heavy (non-hydrogen) atoms. The van der Waals surface area contributed by atoms with Crippen molar-refractivity contribution in [3.8, 4) is 5.75 Å². The van der Waals surface area contributed by atoms with Gasteiger partial charge in [-0.1, -0.05) is 12.1 Å². The maximum absolute atomic E-state index is 12.0. The smallest absolute Gasteiger partial charge is 0.387 e. The highest BCUT2D eigenvalue weighted by Crippen LogP contribution is 2.16. The summed E-state index contributed by atoms with van der Waals surface area (Å²) in [6.07, 6.45) is 1.40. The molecule has 0 aliphatic heterocycles. The summed E-state index contributed by atoms with van der Waals surface area (Å²) in [5.74, 6) is -0.300. The summed E-state index contributed by atoms with van der Waals surface area (Å²) < 4.78 is 28.9. The van der Waals surface area contributed by atoms with Crippen LogP contribution in [0.1, 0.15) is 15.9 Å². The van der Waals surface area contributed by atoms with E-state index in [2.05, 4.69) is 31.2 Å². The number of nitrogens with zero attached hydrogens (tertiary/aromatic N) is 1. The lowest BCUT2D eigenvalue weighted by Crippen LogP contribution is -2.18. The van der Waals surface area contributed by atoms with E-state index < -0.39 is 6.61 Å². The number of hydrazone groups is 1.